The van der Waals surface area contributed by atoms with Crippen LogP contribution < -0.4 is 10.6 Å². The van der Waals surface area contributed by atoms with Gasteiger partial charge in [0.2, 0.25) is 5.91 Å². The van der Waals surface area contributed by atoms with Crippen LogP contribution >= 0.6 is 0 Å². The van der Waals surface area contributed by atoms with Crippen LogP contribution in [0.15, 0.2) is 12.1 Å². The minimum Gasteiger partial charge on any atom is -0.508 e. The minimum absolute atomic E-state index is 0.0311. The van der Waals surface area contributed by atoms with Crippen LogP contribution in [0.4, 0.5) is 5.82 Å². The lowest BCUT2D eigenvalue weighted by atomic mass is 9.81. The van der Waals surface area contributed by atoms with E-state index >= 15 is 0 Å². The summed E-state index contributed by atoms with van der Waals surface area (Å²) in [5.74, 6) is -0.511. The summed E-state index contributed by atoms with van der Waals surface area (Å²) in [4.78, 5) is 28.5. The molecule has 0 spiro atoms. The lowest BCUT2D eigenvalue weighted by Crippen LogP contribution is -2.40. The molecule has 2 fully saturated rings. The van der Waals surface area contributed by atoms with Gasteiger partial charge in [0.15, 0.2) is 11.5 Å². The Morgan fingerprint density at radius 1 is 1.11 bits per heavy atom. The number of phenols is 2. The lowest BCUT2D eigenvalue weighted by molar-refractivity contribution is -0.121. The van der Waals surface area contributed by atoms with Crippen molar-refractivity contribution in [1.82, 2.24) is 25.2 Å². The first-order valence-electron chi connectivity index (χ1n) is 13.2. The van der Waals surface area contributed by atoms with Gasteiger partial charge < -0.3 is 25.6 Å². The van der Waals surface area contributed by atoms with Crippen molar-refractivity contribution >= 4 is 17.6 Å². The average Bonchev–Trinajstić information content (AvgIpc) is 3.28. The Balaban J connectivity index is 1.53. The second-order valence-corrected chi connectivity index (χ2v) is 10.2. The number of aromatic nitrogens is 3. The molecule has 2 amide bonds. The zero-order chi connectivity index (χ0) is 26.5. The maximum absolute atomic E-state index is 13.4. The first kappa shape index (κ1) is 26.9. The molecule has 0 atom stereocenters. The molecule has 1 saturated carbocycles. The van der Waals surface area contributed by atoms with E-state index < -0.39 is 5.91 Å². The largest absolute Gasteiger partial charge is 0.508 e. The summed E-state index contributed by atoms with van der Waals surface area (Å²) < 4.78 is 6.70. The highest BCUT2D eigenvalue weighted by atomic mass is 16.5. The summed E-state index contributed by atoms with van der Waals surface area (Å²) in [5, 5.41) is 34.6. The number of nitrogens with one attached hydrogen (secondary N) is 2. The van der Waals surface area contributed by atoms with Crippen LogP contribution in [0.3, 0.4) is 0 Å². The summed E-state index contributed by atoms with van der Waals surface area (Å²) in [5.41, 5.74) is 0.780. The minimum atomic E-state index is -0.472. The van der Waals surface area contributed by atoms with Crippen LogP contribution in [-0.4, -0.2) is 81.3 Å². The molecule has 11 heteroatoms. The third-order valence-corrected chi connectivity index (χ3v) is 7.28. The average molecular weight is 515 g/mol. The molecule has 0 radical (unpaired) electrons. The number of anilines is 1. The first-order chi connectivity index (χ1) is 17.8. The van der Waals surface area contributed by atoms with E-state index in [-0.39, 0.29) is 46.4 Å². The van der Waals surface area contributed by atoms with Crippen LogP contribution in [0, 0.1) is 11.8 Å². The van der Waals surface area contributed by atoms with E-state index in [9.17, 15) is 19.8 Å². The van der Waals surface area contributed by atoms with Gasteiger partial charge in [0, 0.05) is 38.2 Å². The van der Waals surface area contributed by atoms with Gasteiger partial charge in [-0.15, -0.1) is 5.10 Å². The number of benzene rings is 1. The highest BCUT2D eigenvalue weighted by Crippen LogP contribution is 2.36. The summed E-state index contributed by atoms with van der Waals surface area (Å²) in [6, 6.07) is 2.83. The number of hydrogen-bond acceptors (Lipinski definition) is 8. The molecule has 4 N–H and O–H groups in total. The number of phenolic OH excluding ortho intramolecular Hbond substituents is 2. The van der Waals surface area contributed by atoms with Gasteiger partial charge in [0.05, 0.1) is 13.2 Å². The van der Waals surface area contributed by atoms with E-state index in [1.807, 2.05) is 13.8 Å². The fourth-order valence-corrected chi connectivity index (χ4v) is 5.15. The van der Waals surface area contributed by atoms with Gasteiger partial charge >= 0.3 is 0 Å². The van der Waals surface area contributed by atoms with Gasteiger partial charge in [-0.25, -0.2) is 0 Å². The number of aromatic hydroxyl groups is 2. The summed E-state index contributed by atoms with van der Waals surface area (Å²) in [7, 11) is 0. The molecular weight excluding hydrogens is 476 g/mol. The van der Waals surface area contributed by atoms with Gasteiger partial charge in [0.1, 0.15) is 17.2 Å². The summed E-state index contributed by atoms with van der Waals surface area (Å²) >= 11 is 0. The molecule has 2 aromatic rings. The number of morpholine rings is 1. The van der Waals surface area contributed by atoms with E-state index in [4.69, 9.17) is 4.74 Å². The number of rotatable bonds is 8. The van der Waals surface area contributed by atoms with E-state index in [0.717, 1.165) is 58.5 Å². The Morgan fingerprint density at radius 2 is 1.81 bits per heavy atom. The van der Waals surface area contributed by atoms with Gasteiger partial charge in [-0.2, -0.15) is 4.68 Å². The van der Waals surface area contributed by atoms with Gasteiger partial charge in [-0.1, -0.05) is 19.1 Å². The van der Waals surface area contributed by atoms with Crippen LogP contribution in [0.25, 0.3) is 5.69 Å². The van der Waals surface area contributed by atoms with Gasteiger partial charge in [0.25, 0.3) is 5.91 Å². The predicted octanol–water partition coefficient (Wildman–Crippen LogP) is 2.63. The van der Waals surface area contributed by atoms with Crippen molar-refractivity contribution in [3.63, 3.8) is 0 Å². The van der Waals surface area contributed by atoms with Crippen molar-refractivity contribution in [2.45, 2.75) is 52.4 Å². The number of amides is 2. The predicted molar refractivity (Wildman–Crippen MR) is 138 cm³/mol. The Kier molecular flexibility index (Phi) is 8.65. The molecule has 202 valence electrons. The number of carbonyl (C=O) groups is 2. The van der Waals surface area contributed by atoms with E-state index in [1.165, 1.54) is 10.7 Å². The molecule has 1 aliphatic heterocycles. The van der Waals surface area contributed by atoms with Crippen LogP contribution in [-0.2, 0) is 9.53 Å². The fourth-order valence-electron chi connectivity index (χ4n) is 5.15. The number of nitrogens with zero attached hydrogens (tertiary/aromatic N) is 4. The fraction of sp³-hybridized carbons (Fsp3) is 0.615. The van der Waals surface area contributed by atoms with Crippen molar-refractivity contribution in [1.29, 1.82) is 0 Å². The molecule has 1 aromatic heterocycles. The Morgan fingerprint density at radius 3 is 2.46 bits per heavy atom. The lowest BCUT2D eigenvalue weighted by Gasteiger charge is -2.34. The Bertz CT molecular complexity index is 1100. The molecule has 1 aromatic carbocycles. The zero-order valence-electron chi connectivity index (χ0n) is 21.9. The first-order valence-corrected chi connectivity index (χ1v) is 13.2. The highest BCUT2D eigenvalue weighted by molar-refractivity contribution is 6.02. The van der Waals surface area contributed by atoms with Crippen molar-refractivity contribution in [3.8, 4) is 17.2 Å². The van der Waals surface area contributed by atoms with E-state index in [1.54, 1.807) is 13.0 Å². The maximum Gasteiger partial charge on any atom is 0.275 e. The molecule has 2 aliphatic rings. The summed E-state index contributed by atoms with van der Waals surface area (Å²) in [6.07, 6.45) is 3.46. The SMILES string of the molecule is CCNC(=O)c1nnn(-c2cc(C(C)C)c(O)cc2O)c1NC(=O)C1CCC(CN2CCOCC2)CC1. The van der Waals surface area contributed by atoms with Crippen molar-refractivity contribution in [2.24, 2.45) is 11.8 Å². The third-order valence-electron chi connectivity index (χ3n) is 7.28. The molecule has 11 nitrogen and oxygen atoms in total. The van der Waals surface area contributed by atoms with Crippen molar-refractivity contribution < 1.29 is 24.5 Å². The molecule has 4 rings (SSSR count). The van der Waals surface area contributed by atoms with Crippen LogP contribution in [0.1, 0.15) is 68.4 Å². The molecule has 37 heavy (non-hydrogen) atoms. The molecule has 1 saturated heterocycles. The second kappa shape index (κ2) is 11.9. The molecule has 0 unspecified atom stereocenters. The molecule has 2 heterocycles. The maximum atomic E-state index is 13.4. The highest BCUT2D eigenvalue weighted by Gasteiger charge is 2.31. The van der Waals surface area contributed by atoms with Crippen molar-refractivity contribution in [2.75, 3.05) is 44.7 Å². The third kappa shape index (κ3) is 6.22. The molecular formula is C26H38N6O5. The quantitative estimate of drug-likeness (QED) is 0.421. The van der Waals surface area contributed by atoms with Crippen LogP contribution in [0.5, 0.6) is 11.5 Å². The van der Waals surface area contributed by atoms with E-state index in [0.29, 0.717) is 18.0 Å². The smallest absolute Gasteiger partial charge is 0.275 e. The van der Waals surface area contributed by atoms with Gasteiger partial charge in [-0.3, -0.25) is 14.5 Å². The second-order valence-electron chi connectivity index (χ2n) is 10.2. The van der Waals surface area contributed by atoms with Crippen molar-refractivity contribution in [3.05, 3.63) is 23.4 Å². The van der Waals surface area contributed by atoms with E-state index in [2.05, 4.69) is 25.8 Å². The Labute approximate surface area is 217 Å². The number of ether oxygens (including phenoxy) is 1. The molecule has 1 aliphatic carbocycles. The van der Waals surface area contributed by atoms with Gasteiger partial charge in [-0.05, 0) is 56.1 Å². The van der Waals surface area contributed by atoms with Crippen LogP contribution in [0.2, 0.25) is 0 Å². The Hall–Kier alpha value is -3.18. The zero-order valence-corrected chi connectivity index (χ0v) is 21.9. The number of hydrogen-bond donors (Lipinski definition) is 4. The standard InChI is InChI=1S/C26H38N6O5/c1-4-27-26(36)23-24(32(30-29-23)20-13-19(16(2)3)21(33)14-22(20)34)28-25(35)18-7-5-17(6-8-18)15-31-9-11-37-12-10-31/h13-14,16-18,33-34H,4-12,15H2,1-3H3,(H,27,36)(H,28,35). The normalized spacial score (nSPS) is 20.6. The topological polar surface area (TPSA) is 142 Å². The molecule has 0 bridgehead atoms. The number of carbonyl (C=O) groups excluding carboxylic acids is 2. The monoisotopic (exact) mass is 514 g/mol. The summed E-state index contributed by atoms with van der Waals surface area (Å²) in [6.45, 7) is 10.5.